The van der Waals surface area contributed by atoms with Crippen LogP contribution in [0.2, 0.25) is 0 Å². The third kappa shape index (κ3) is 5.35. The molecule has 0 amide bonds. The second kappa shape index (κ2) is 8.78. The number of nitrogens with one attached hydrogen (secondary N) is 1. The van der Waals surface area contributed by atoms with Gasteiger partial charge in [-0.25, -0.2) is 8.42 Å². The van der Waals surface area contributed by atoms with Gasteiger partial charge >= 0.3 is 0 Å². The van der Waals surface area contributed by atoms with Crippen molar-refractivity contribution in [2.24, 2.45) is 0 Å². The van der Waals surface area contributed by atoms with Gasteiger partial charge in [0.1, 0.15) is 0 Å². The van der Waals surface area contributed by atoms with Crippen LogP contribution in [0.25, 0.3) is 0 Å². The first-order valence-electron chi connectivity index (χ1n) is 9.14. The van der Waals surface area contributed by atoms with Gasteiger partial charge in [-0.1, -0.05) is 57.5 Å². The SMILES string of the molecule is Cc1ccc(S(=O)(=O)NSc2c(C(C)C)cc(C(C)C)cc2C(C)O)cc1. The summed E-state index contributed by atoms with van der Waals surface area (Å²) < 4.78 is 27.9. The van der Waals surface area contributed by atoms with E-state index in [1.807, 2.05) is 13.0 Å². The highest BCUT2D eigenvalue weighted by Crippen LogP contribution is 2.37. The normalized spacial score (nSPS) is 13.4. The Bertz CT molecular complexity index is 857. The molecule has 0 bridgehead atoms. The molecule has 0 aliphatic rings. The molecule has 27 heavy (non-hydrogen) atoms. The van der Waals surface area contributed by atoms with Crippen molar-refractivity contribution in [2.45, 2.75) is 69.3 Å². The fourth-order valence-electron chi connectivity index (χ4n) is 2.75. The summed E-state index contributed by atoms with van der Waals surface area (Å²) in [7, 11) is -3.66. The lowest BCUT2D eigenvalue weighted by Crippen LogP contribution is -2.18. The predicted octanol–water partition coefficient (Wildman–Crippen LogP) is 5.28. The Morgan fingerprint density at radius 3 is 1.96 bits per heavy atom. The lowest BCUT2D eigenvalue weighted by molar-refractivity contribution is 0.196. The van der Waals surface area contributed by atoms with Gasteiger partial charge in [0.25, 0.3) is 0 Å². The zero-order valence-electron chi connectivity index (χ0n) is 16.8. The molecule has 4 nitrogen and oxygen atoms in total. The monoisotopic (exact) mass is 407 g/mol. The van der Waals surface area contributed by atoms with E-state index in [0.717, 1.165) is 39.1 Å². The molecule has 148 valence electrons. The van der Waals surface area contributed by atoms with Crippen molar-refractivity contribution in [1.29, 1.82) is 0 Å². The summed E-state index contributed by atoms with van der Waals surface area (Å²) >= 11 is 1.06. The van der Waals surface area contributed by atoms with Crippen LogP contribution in [0.15, 0.2) is 46.2 Å². The zero-order valence-corrected chi connectivity index (χ0v) is 18.4. The van der Waals surface area contributed by atoms with Gasteiger partial charge in [0.05, 0.1) is 11.0 Å². The molecule has 1 unspecified atom stereocenters. The Hall–Kier alpha value is -1.34. The molecule has 0 aliphatic carbocycles. The molecule has 0 fully saturated rings. The molecule has 0 aromatic heterocycles. The van der Waals surface area contributed by atoms with Crippen molar-refractivity contribution in [3.8, 4) is 0 Å². The highest BCUT2D eigenvalue weighted by atomic mass is 32.3. The third-order valence-electron chi connectivity index (χ3n) is 4.49. The molecule has 2 aromatic rings. The maximum atomic E-state index is 12.7. The molecule has 2 rings (SSSR count). The Morgan fingerprint density at radius 2 is 1.48 bits per heavy atom. The number of hydrogen-bond acceptors (Lipinski definition) is 4. The number of aliphatic hydroxyl groups is 1. The molecule has 0 heterocycles. The molecule has 2 aromatic carbocycles. The molecule has 0 saturated heterocycles. The highest BCUT2D eigenvalue weighted by Gasteiger charge is 2.21. The molecule has 1 atom stereocenters. The van der Waals surface area contributed by atoms with E-state index in [4.69, 9.17) is 0 Å². The van der Waals surface area contributed by atoms with Crippen LogP contribution in [0.5, 0.6) is 0 Å². The minimum Gasteiger partial charge on any atom is -0.389 e. The second-order valence-electron chi connectivity index (χ2n) is 7.52. The summed E-state index contributed by atoms with van der Waals surface area (Å²) in [5.74, 6) is 0.524. The topological polar surface area (TPSA) is 66.4 Å². The Labute approximate surface area is 167 Å². The van der Waals surface area contributed by atoms with Gasteiger partial charge in [0, 0.05) is 4.90 Å². The number of hydrogen-bond donors (Lipinski definition) is 2. The largest absolute Gasteiger partial charge is 0.389 e. The van der Waals surface area contributed by atoms with Gasteiger partial charge in [-0.05, 0) is 66.5 Å². The Morgan fingerprint density at radius 1 is 0.926 bits per heavy atom. The Kier molecular flexibility index (Phi) is 7.14. The van der Waals surface area contributed by atoms with Crippen LogP contribution in [-0.2, 0) is 10.0 Å². The number of sulfonamides is 1. The van der Waals surface area contributed by atoms with Crippen molar-refractivity contribution < 1.29 is 13.5 Å². The quantitative estimate of drug-likeness (QED) is 0.613. The fraction of sp³-hybridized carbons (Fsp3) is 0.429. The van der Waals surface area contributed by atoms with Crippen LogP contribution in [-0.4, -0.2) is 13.5 Å². The summed E-state index contributed by atoms with van der Waals surface area (Å²) in [6.07, 6.45) is -0.687. The molecular formula is C21H29NO3S2. The minimum absolute atomic E-state index is 0.201. The van der Waals surface area contributed by atoms with Crippen LogP contribution in [0.1, 0.15) is 74.8 Å². The van der Waals surface area contributed by atoms with Crippen molar-refractivity contribution in [3.05, 3.63) is 58.7 Å². The maximum Gasteiger partial charge on any atom is 0.250 e. The van der Waals surface area contributed by atoms with Crippen LogP contribution in [0.4, 0.5) is 0 Å². The van der Waals surface area contributed by atoms with E-state index in [1.165, 1.54) is 0 Å². The predicted molar refractivity (Wildman–Crippen MR) is 113 cm³/mol. The molecule has 6 heteroatoms. The average molecular weight is 408 g/mol. The van der Waals surface area contributed by atoms with Crippen LogP contribution in [0, 0.1) is 6.92 Å². The number of aliphatic hydroxyl groups excluding tert-OH is 1. The lowest BCUT2D eigenvalue weighted by atomic mass is 9.91. The van der Waals surface area contributed by atoms with Crippen LogP contribution < -0.4 is 4.13 Å². The molecule has 0 spiro atoms. The lowest BCUT2D eigenvalue weighted by Gasteiger charge is -2.22. The Balaban J connectivity index is 2.43. The van der Waals surface area contributed by atoms with E-state index in [9.17, 15) is 13.5 Å². The maximum absolute atomic E-state index is 12.7. The van der Waals surface area contributed by atoms with Crippen LogP contribution in [0.3, 0.4) is 0 Å². The van der Waals surface area contributed by atoms with Crippen molar-refractivity contribution in [2.75, 3.05) is 0 Å². The van der Waals surface area contributed by atoms with Gasteiger partial charge in [-0.2, -0.15) is 0 Å². The molecule has 0 radical (unpaired) electrons. The first kappa shape index (κ1) is 22.0. The van der Waals surface area contributed by atoms with E-state index in [0.29, 0.717) is 5.92 Å². The summed E-state index contributed by atoms with van der Waals surface area (Å²) in [6.45, 7) is 12.0. The molecule has 2 N–H and O–H groups in total. The second-order valence-corrected chi connectivity index (χ2v) is 10.3. The summed E-state index contributed by atoms with van der Waals surface area (Å²) in [5, 5.41) is 10.3. The van der Waals surface area contributed by atoms with Gasteiger partial charge in [0.2, 0.25) is 10.0 Å². The highest BCUT2D eigenvalue weighted by molar-refractivity contribution is 8.09. The number of benzene rings is 2. The average Bonchev–Trinajstić information content (AvgIpc) is 2.59. The van der Waals surface area contributed by atoms with Crippen molar-refractivity contribution in [1.82, 2.24) is 4.13 Å². The van der Waals surface area contributed by atoms with E-state index in [1.54, 1.807) is 31.2 Å². The molecule has 0 aliphatic heterocycles. The van der Waals surface area contributed by atoms with Gasteiger partial charge in [0.15, 0.2) is 0 Å². The molecular weight excluding hydrogens is 378 g/mol. The first-order chi connectivity index (χ1) is 12.5. The minimum atomic E-state index is -3.66. The van der Waals surface area contributed by atoms with Crippen molar-refractivity contribution >= 4 is 22.0 Å². The van der Waals surface area contributed by atoms with E-state index in [2.05, 4.69) is 37.9 Å². The number of aryl methyl sites for hydroxylation is 1. The standard InChI is InChI=1S/C21H29NO3S2/c1-13(2)17-11-19(14(3)4)21(20(12-17)16(6)23)26-22-27(24,25)18-9-7-15(5)8-10-18/h7-14,16,22-23H,1-6H3. The number of rotatable bonds is 7. The fourth-order valence-corrected chi connectivity index (χ4v) is 5.16. The zero-order chi connectivity index (χ0) is 20.4. The van der Waals surface area contributed by atoms with Gasteiger partial charge in [-0.3, -0.25) is 0 Å². The summed E-state index contributed by atoms with van der Waals surface area (Å²) in [6, 6.07) is 10.8. The van der Waals surface area contributed by atoms with Crippen molar-refractivity contribution in [3.63, 3.8) is 0 Å². The summed E-state index contributed by atoms with van der Waals surface area (Å²) in [4.78, 5) is 1.00. The van der Waals surface area contributed by atoms with Gasteiger partial charge < -0.3 is 5.11 Å². The van der Waals surface area contributed by atoms with E-state index >= 15 is 0 Å². The summed E-state index contributed by atoms with van der Waals surface area (Å²) in [5.41, 5.74) is 3.93. The third-order valence-corrected chi connectivity index (χ3v) is 7.27. The van der Waals surface area contributed by atoms with Gasteiger partial charge in [-0.15, -0.1) is 4.13 Å². The first-order valence-corrected chi connectivity index (χ1v) is 11.4. The van der Waals surface area contributed by atoms with E-state index in [-0.39, 0.29) is 10.8 Å². The van der Waals surface area contributed by atoms with Crippen LogP contribution >= 0.6 is 11.9 Å². The van der Waals surface area contributed by atoms with E-state index < -0.39 is 16.1 Å². The molecule has 0 saturated carbocycles. The smallest absolute Gasteiger partial charge is 0.250 e.